The van der Waals surface area contributed by atoms with E-state index in [0.29, 0.717) is 6.04 Å². The van der Waals surface area contributed by atoms with Gasteiger partial charge in [-0.15, -0.1) is 0 Å². The van der Waals surface area contributed by atoms with Crippen LogP contribution in [0.3, 0.4) is 0 Å². The van der Waals surface area contributed by atoms with Crippen molar-refractivity contribution in [2.75, 3.05) is 19.6 Å². The van der Waals surface area contributed by atoms with Gasteiger partial charge in [-0.05, 0) is 37.3 Å². The molecular weight excluding hydrogens is 234 g/mol. The second-order valence-electron chi connectivity index (χ2n) is 6.05. The minimum absolute atomic E-state index is 0.716. The van der Waals surface area contributed by atoms with Gasteiger partial charge in [0.05, 0.1) is 5.69 Å². The van der Waals surface area contributed by atoms with E-state index in [1.54, 1.807) is 0 Å². The fourth-order valence-electron chi connectivity index (χ4n) is 3.07. The van der Waals surface area contributed by atoms with Crippen molar-refractivity contribution < 1.29 is 0 Å². The molecule has 0 aliphatic carbocycles. The summed E-state index contributed by atoms with van der Waals surface area (Å²) in [4.78, 5) is 6.96. The van der Waals surface area contributed by atoms with Crippen molar-refractivity contribution in [1.82, 2.24) is 15.2 Å². The fourth-order valence-corrected chi connectivity index (χ4v) is 3.07. The van der Waals surface area contributed by atoms with Crippen molar-refractivity contribution in [2.45, 2.75) is 39.8 Å². The third kappa shape index (κ3) is 4.29. The van der Waals surface area contributed by atoms with Gasteiger partial charge in [0.15, 0.2) is 0 Å². The molecule has 0 amide bonds. The molecule has 0 aromatic carbocycles. The van der Waals surface area contributed by atoms with Crippen molar-refractivity contribution in [3.05, 3.63) is 30.1 Å². The summed E-state index contributed by atoms with van der Waals surface area (Å²) in [7, 11) is 0. The van der Waals surface area contributed by atoms with Crippen molar-refractivity contribution >= 4 is 0 Å². The molecule has 3 heteroatoms. The quantitative estimate of drug-likeness (QED) is 0.826. The Morgan fingerprint density at radius 3 is 2.89 bits per heavy atom. The zero-order chi connectivity index (χ0) is 13.7. The minimum atomic E-state index is 0.716. The standard InChI is InChI=1S/C16H27N3/c1-13-10-14(2)15(3)19(12-13)9-8-17-11-16-6-4-5-7-18-16/h4-7,13-15,17H,8-12H2,1-3H3. The van der Waals surface area contributed by atoms with Crippen LogP contribution >= 0.6 is 0 Å². The summed E-state index contributed by atoms with van der Waals surface area (Å²) in [5.74, 6) is 1.65. The molecule has 1 aliphatic heterocycles. The minimum Gasteiger partial charge on any atom is -0.310 e. The maximum atomic E-state index is 4.33. The number of nitrogens with zero attached hydrogens (tertiary/aromatic N) is 2. The maximum Gasteiger partial charge on any atom is 0.0541 e. The number of aromatic nitrogens is 1. The van der Waals surface area contributed by atoms with Gasteiger partial charge in [0.2, 0.25) is 0 Å². The Kier molecular flexibility index (Phi) is 5.34. The number of hydrogen-bond donors (Lipinski definition) is 1. The summed E-state index contributed by atoms with van der Waals surface area (Å²) in [5.41, 5.74) is 1.12. The predicted molar refractivity (Wildman–Crippen MR) is 79.9 cm³/mol. The molecule has 106 valence electrons. The molecule has 3 unspecified atom stereocenters. The van der Waals surface area contributed by atoms with Crippen LogP contribution in [0, 0.1) is 11.8 Å². The number of rotatable bonds is 5. The Hall–Kier alpha value is -0.930. The van der Waals surface area contributed by atoms with Gasteiger partial charge in [0.25, 0.3) is 0 Å². The van der Waals surface area contributed by atoms with Gasteiger partial charge in [0, 0.05) is 38.4 Å². The second-order valence-corrected chi connectivity index (χ2v) is 6.05. The number of nitrogens with one attached hydrogen (secondary N) is 1. The zero-order valence-electron chi connectivity index (χ0n) is 12.5. The summed E-state index contributed by atoms with van der Waals surface area (Å²) in [5, 5.41) is 3.50. The van der Waals surface area contributed by atoms with Gasteiger partial charge in [-0.25, -0.2) is 0 Å². The average molecular weight is 261 g/mol. The molecule has 3 atom stereocenters. The molecule has 1 saturated heterocycles. The van der Waals surface area contributed by atoms with Crippen LogP contribution in [-0.2, 0) is 6.54 Å². The first-order valence-corrected chi connectivity index (χ1v) is 7.51. The fraction of sp³-hybridized carbons (Fsp3) is 0.688. The van der Waals surface area contributed by atoms with Gasteiger partial charge < -0.3 is 5.32 Å². The zero-order valence-corrected chi connectivity index (χ0v) is 12.5. The van der Waals surface area contributed by atoms with E-state index in [1.807, 2.05) is 18.3 Å². The lowest BCUT2D eigenvalue weighted by Gasteiger charge is -2.41. The van der Waals surface area contributed by atoms with E-state index in [-0.39, 0.29) is 0 Å². The molecule has 19 heavy (non-hydrogen) atoms. The summed E-state index contributed by atoms with van der Waals surface area (Å²) in [6.45, 7) is 11.4. The van der Waals surface area contributed by atoms with Crippen LogP contribution in [0.1, 0.15) is 32.9 Å². The predicted octanol–water partition coefficient (Wildman–Crippen LogP) is 2.54. The number of hydrogen-bond acceptors (Lipinski definition) is 3. The summed E-state index contributed by atoms with van der Waals surface area (Å²) in [6.07, 6.45) is 3.23. The molecule has 0 saturated carbocycles. The average Bonchev–Trinajstić information content (AvgIpc) is 2.41. The molecule has 0 radical (unpaired) electrons. The van der Waals surface area contributed by atoms with Crippen LogP contribution in [0.15, 0.2) is 24.4 Å². The number of piperidine rings is 1. The largest absolute Gasteiger partial charge is 0.310 e. The van der Waals surface area contributed by atoms with Gasteiger partial charge >= 0.3 is 0 Å². The molecule has 1 aliphatic rings. The molecule has 1 N–H and O–H groups in total. The topological polar surface area (TPSA) is 28.2 Å². The highest BCUT2D eigenvalue weighted by atomic mass is 15.2. The Labute approximate surface area is 117 Å². The van der Waals surface area contributed by atoms with Crippen molar-refractivity contribution in [1.29, 1.82) is 0 Å². The lowest BCUT2D eigenvalue weighted by molar-refractivity contribution is 0.0806. The Morgan fingerprint density at radius 1 is 1.32 bits per heavy atom. The van der Waals surface area contributed by atoms with Gasteiger partial charge in [0.1, 0.15) is 0 Å². The highest BCUT2D eigenvalue weighted by Gasteiger charge is 2.27. The van der Waals surface area contributed by atoms with Crippen molar-refractivity contribution in [3.8, 4) is 0 Å². The van der Waals surface area contributed by atoms with Crippen LogP contribution in [-0.4, -0.2) is 35.6 Å². The van der Waals surface area contributed by atoms with Crippen LogP contribution < -0.4 is 5.32 Å². The van der Waals surface area contributed by atoms with E-state index in [2.05, 4.69) is 42.0 Å². The Bertz CT molecular complexity index is 366. The SMILES string of the molecule is CC1CC(C)C(C)N(CCNCc2ccccn2)C1. The molecule has 3 nitrogen and oxygen atoms in total. The van der Waals surface area contributed by atoms with Gasteiger partial charge in [-0.1, -0.05) is 19.9 Å². The van der Waals surface area contributed by atoms with Crippen LogP contribution in [0.25, 0.3) is 0 Å². The smallest absolute Gasteiger partial charge is 0.0541 e. The van der Waals surface area contributed by atoms with E-state index < -0.39 is 0 Å². The maximum absolute atomic E-state index is 4.33. The van der Waals surface area contributed by atoms with E-state index in [1.165, 1.54) is 13.0 Å². The number of likely N-dealkylation sites (tertiary alicyclic amines) is 1. The van der Waals surface area contributed by atoms with E-state index >= 15 is 0 Å². The summed E-state index contributed by atoms with van der Waals surface area (Å²) >= 11 is 0. The third-order valence-corrected chi connectivity index (χ3v) is 4.33. The lowest BCUT2D eigenvalue weighted by Crippen LogP contribution is -2.48. The number of pyridine rings is 1. The van der Waals surface area contributed by atoms with Gasteiger partial charge in [-0.3, -0.25) is 9.88 Å². The van der Waals surface area contributed by atoms with Crippen LogP contribution in [0.4, 0.5) is 0 Å². The molecule has 2 heterocycles. The first-order chi connectivity index (χ1) is 9.16. The van der Waals surface area contributed by atoms with Crippen LogP contribution in [0.2, 0.25) is 0 Å². The van der Waals surface area contributed by atoms with Crippen molar-refractivity contribution in [3.63, 3.8) is 0 Å². The molecule has 0 spiro atoms. The Balaban J connectivity index is 1.70. The first-order valence-electron chi connectivity index (χ1n) is 7.51. The van der Waals surface area contributed by atoms with Gasteiger partial charge in [-0.2, -0.15) is 0 Å². The summed E-state index contributed by atoms with van der Waals surface area (Å²) < 4.78 is 0. The summed E-state index contributed by atoms with van der Waals surface area (Å²) in [6, 6.07) is 6.79. The normalized spacial score (nSPS) is 28.5. The van der Waals surface area contributed by atoms with E-state index in [9.17, 15) is 0 Å². The highest BCUT2D eigenvalue weighted by molar-refractivity contribution is 5.02. The lowest BCUT2D eigenvalue weighted by atomic mass is 9.86. The van der Waals surface area contributed by atoms with E-state index in [4.69, 9.17) is 0 Å². The van der Waals surface area contributed by atoms with Crippen LogP contribution in [0.5, 0.6) is 0 Å². The first kappa shape index (κ1) is 14.5. The molecular formula is C16H27N3. The third-order valence-electron chi connectivity index (χ3n) is 4.33. The second kappa shape index (κ2) is 7.01. The van der Waals surface area contributed by atoms with Crippen molar-refractivity contribution in [2.24, 2.45) is 11.8 Å². The molecule has 2 rings (SSSR count). The Morgan fingerprint density at radius 2 is 2.16 bits per heavy atom. The molecule has 0 bridgehead atoms. The highest BCUT2D eigenvalue weighted by Crippen LogP contribution is 2.26. The molecule has 1 aromatic rings. The van der Waals surface area contributed by atoms with E-state index in [0.717, 1.165) is 37.2 Å². The molecule has 1 aromatic heterocycles. The molecule has 1 fully saturated rings. The monoisotopic (exact) mass is 261 g/mol.